The lowest BCUT2D eigenvalue weighted by Gasteiger charge is -2.32. The number of nitrogens with one attached hydrogen (secondary N) is 1. The summed E-state index contributed by atoms with van der Waals surface area (Å²) in [5.74, 6) is 0.918. The van der Waals surface area contributed by atoms with Gasteiger partial charge in [-0.2, -0.15) is 0 Å². The lowest BCUT2D eigenvalue weighted by Crippen LogP contribution is -2.44. The molecule has 18 heavy (non-hydrogen) atoms. The number of nitrogens with zero attached hydrogens (tertiary/aromatic N) is 1. The molecule has 3 rings (SSSR count). The van der Waals surface area contributed by atoms with Gasteiger partial charge in [0.1, 0.15) is 12.0 Å². The Morgan fingerprint density at radius 3 is 2.94 bits per heavy atom. The predicted molar refractivity (Wildman–Crippen MR) is 70.8 cm³/mol. The Morgan fingerprint density at radius 2 is 2.11 bits per heavy atom. The number of aromatic amines is 1. The number of hydrogen-bond acceptors (Lipinski definition) is 3. The standard InChI is InChI=1S/C14H18N2O2/c1-11(16-6-8-17-9-7-16)18-13-2-3-14-12(10-13)4-5-15-14/h2-5,10-11,15H,6-9H2,1H3. The number of morpholine rings is 1. The molecule has 2 aromatic rings. The third kappa shape index (κ3) is 2.35. The van der Waals surface area contributed by atoms with Crippen LogP contribution in [0.1, 0.15) is 6.92 Å². The minimum atomic E-state index is 0.0882. The Hall–Kier alpha value is -1.52. The third-order valence-electron chi connectivity index (χ3n) is 3.39. The van der Waals surface area contributed by atoms with Crippen LogP contribution in [0.2, 0.25) is 0 Å². The Morgan fingerprint density at radius 1 is 1.28 bits per heavy atom. The van der Waals surface area contributed by atoms with Crippen LogP contribution in [-0.4, -0.2) is 42.4 Å². The average molecular weight is 246 g/mol. The van der Waals surface area contributed by atoms with E-state index < -0.39 is 0 Å². The van der Waals surface area contributed by atoms with E-state index in [0.29, 0.717) is 0 Å². The summed E-state index contributed by atoms with van der Waals surface area (Å²) in [7, 11) is 0. The quantitative estimate of drug-likeness (QED) is 0.902. The molecule has 1 aromatic carbocycles. The number of aromatic nitrogens is 1. The second kappa shape index (κ2) is 5.00. The number of benzene rings is 1. The van der Waals surface area contributed by atoms with Crippen LogP contribution in [0.4, 0.5) is 0 Å². The van der Waals surface area contributed by atoms with Crippen LogP contribution in [0.15, 0.2) is 30.5 Å². The third-order valence-corrected chi connectivity index (χ3v) is 3.39. The molecule has 0 radical (unpaired) electrons. The molecule has 1 aromatic heterocycles. The van der Waals surface area contributed by atoms with E-state index in [9.17, 15) is 0 Å². The summed E-state index contributed by atoms with van der Waals surface area (Å²) in [6.07, 6.45) is 2.03. The molecule has 0 spiro atoms. The molecule has 1 N–H and O–H groups in total. The number of ether oxygens (including phenoxy) is 2. The van der Waals surface area contributed by atoms with Gasteiger partial charge in [0.2, 0.25) is 0 Å². The highest BCUT2D eigenvalue weighted by Gasteiger charge is 2.18. The van der Waals surface area contributed by atoms with Gasteiger partial charge >= 0.3 is 0 Å². The topological polar surface area (TPSA) is 37.5 Å². The monoisotopic (exact) mass is 246 g/mol. The van der Waals surface area contributed by atoms with Crippen LogP contribution >= 0.6 is 0 Å². The number of hydrogen-bond donors (Lipinski definition) is 1. The average Bonchev–Trinajstić information content (AvgIpc) is 2.87. The van der Waals surface area contributed by atoms with Gasteiger partial charge in [0.25, 0.3) is 0 Å². The van der Waals surface area contributed by atoms with Crippen molar-refractivity contribution in [3.8, 4) is 5.75 Å². The van der Waals surface area contributed by atoms with E-state index >= 15 is 0 Å². The lowest BCUT2D eigenvalue weighted by atomic mass is 10.2. The first-order valence-electron chi connectivity index (χ1n) is 6.38. The molecule has 0 aliphatic carbocycles. The molecule has 4 heteroatoms. The molecular weight excluding hydrogens is 228 g/mol. The highest BCUT2D eigenvalue weighted by Crippen LogP contribution is 2.21. The zero-order valence-corrected chi connectivity index (χ0v) is 10.6. The molecule has 2 heterocycles. The van der Waals surface area contributed by atoms with Gasteiger partial charge in [-0.05, 0) is 31.2 Å². The van der Waals surface area contributed by atoms with Crippen LogP contribution in [0.5, 0.6) is 5.75 Å². The molecule has 96 valence electrons. The molecule has 0 bridgehead atoms. The molecule has 1 aliphatic rings. The van der Waals surface area contributed by atoms with E-state index in [1.54, 1.807) is 0 Å². The number of rotatable bonds is 3. The van der Waals surface area contributed by atoms with E-state index in [0.717, 1.165) is 37.6 Å². The van der Waals surface area contributed by atoms with Crippen LogP contribution in [0.25, 0.3) is 10.9 Å². The largest absolute Gasteiger partial charge is 0.475 e. The first kappa shape index (κ1) is 11.6. The van der Waals surface area contributed by atoms with Gasteiger partial charge in [-0.1, -0.05) is 0 Å². The van der Waals surface area contributed by atoms with Gasteiger partial charge in [-0.25, -0.2) is 0 Å². The van der Waals surface area contributed by atoms with E-state index in [1.165, 1.54) is 5.39 Å². The Bertz CT molecular complexity index is 517. The molecular formula is C14H18N2O2. The Kier molecular flexibility index (Phi) is 3.21. The molecule has 1 fully saturated rings. The minimum Gasteiger partial charge on any atom is -0.475 e. The van der Waals surface area contributed by atoms with Crippen molar-refractivity contribution in [2.45, 2.75) is 13.2 Å². The van der Waals surface area contributed by atoms with E-state index in [-0.39, 0.29) is 6.23 Å². The van der Waals surface area contributed by atoms with Crippen molar-refractivity contribution >= 4 is 10.9 Å². The lowest BCUT2D eigenvalue weighted by molar-refractivity contribution is -0.0372. The molecule has 1 unspecified atom stereocenters. The van der Waals surface area contributed by atoms with Crippen LogP contribution < -0.4 is 4.74 Å². The zero-order valence-electron chi connectivity index (χ0n) is 10.6. The second-order valence-electron chi connectivity index (χ2n) is 4.59. The second-order valence-corrected chi connectivity index (χ2v) is 4.59. The summed E-state index contributed by atoms with van der Waals surface area (Å²) in [4.78, 5) is 5.48. The highest BCUT2D eigenvalue weighted by atomic mass is 16.5. The number of fused-ring (bicyclic) bond motifs is 1. The van der Waals surface area contributed by atoms with Gasteiger partial charge in [0, 0.05) is 30.2 Å². The Balaban J connectivity index is 1.70. The van der Waals surface area contributed by atoms with Crippen molar-refractivity contribution in [3.05, 3.63) is 30.5 Å². The van der Waals surface area contributed by atoms with Crippen molar-refractivity contribution < 1.29 is 9.47 Å². The fraction of sp³-hybridized carbons (Fsp3) is 0.429. The smallest absolute Gasteiger partial charge is 0.149 e. The van der Waals surface area contributed by atoms with Gasteiger partial charge < -0.3 is 14.5 Å². The maximum absolute atomic E-state index is 5.99. The maximum Gasteiger partial charge on any atom is 0.149 e. The first-order valence-corrected chi connectivity index (χ1v) is 6.38. The van der Waals surface area contributed by atoms with Crippen LogP contribution in [-0.2, 0) is 4.74 Å². The summed E-state index contributed by atoms with van der Waals surface area (Å²) >= 11 is 0. The van der Waals surface area contributed by atoms with Gasteiger partial charge in [-0.3, -0.25) is 4.90 Å². The summed E-state index contributed by atoms with van der Waals surface area (Å²) in [5.41, 5.74) is 1.14. The fourth-order valence-corrected chi connectivity index (χ4v) is 2.32. The van der Waals surface area contributed by atoms with Crippen LogP contribution in [0.3, 0.4) is 0 Å². The molecule has 1 saturated heterocycles. The maximum atomic E-state index is 5.99. The summed E-state index contributed by atoms with van der Waals surface area (Å²) in [6, 6.07) is 8.19. The van der Waals surface area contributed by atoms with Crippen molar-refractivity contribution in [1.29, 1.82) is 0 Å². The van der Waals surface area contributed by atoms with Crippen molar-refractivity contribution in [1.82, 2.24) is 9.88 Å². The summed E-state index contributed by atoms with van der Waals surface area (Å²) in [6.45, 7) is 5.56. The predicted octanol–water partition coefficient (Wildman–Crippen LogP) is 2.22. The van der Waals surface area contributed by atoms with E-state index in [1.807, 2.05) is 12.3 Å². The molecule has 0 saturated carbocycles. The molecule has 1 aliphatic heterocycles. The summed E-state index contributed by atoms with van der Waals surface area (Å²) < 4.78 is 11.3. The van der Waals surface area contributed by atoms with E-state index in [2.05, 4.69) is 35.0 Å². The van der Waals surface area contributed by atoms with Gasteiger partial charge in [0.15, 0.2) is 0 Å². The zero-order chi connectivity index (χ0) is 12.4. The molecule has 1 atom stereocenters. The fourth-order valence-electron chi connectivity index (χ4n) is 2.32. The summed E-state index contributed by atoms with van der Waals surface area (Å²) in [5, 5.41) is 1.18. The van der Waals surface area contributed by atoms with Crippen molar-refractivity contribution in [2.75, 3.05) is 26.3 Å². The van der Waals surface area contributed by atoms with Gasteiger partial charge in [-0.15, -0.1) is 0 Å². The minimum absolute atomic E-state index is 0.0882. The highest BCUT2D eigenvalue weighted by molar-refractivity contribution is 5.80. The Labute approximate surface area is 106 Å². The molecule has 0 amide bonds. The van der Waals surface area contributed by atoms with E-state index in [4.69, 9.17) is 9.47 Å². The first-order chi connectivity index (χ1) is 8.83. The number of H-pyrrole nitrogens is 1. The normalized spacial score (nSPS) is 18.9. The van der Waals surface area contributed by atoms with Crippen molar-refractivity contribution in [3.63, 3.8) is 0 Å². The van der Waals surface area contributed by atoms with Gasteiger partial charge in [0.05, 0.1) is 13.2 Å². The SMILES string of the molecule is CC(Oc1ccc2[nH]ccc2c1)N1CCOCC1. The molecule has 4 nitrogen and oxygen atoms in total. The van der Waals surface area contributed by atoms with Crippen LogP contribution in [0, 0.1) is 0 Å². The van der Waals surface area contributed by atoms with Crippen molar-refractivity contribution in [2.24, 2.45) is 0 Å².